The lowest BCUT2D eigenvalue weighted by Gasteiger charge is -2.25. The van der Waals surface area contributed by atoms with Crippen LogP contribution >= 0.6 is 11.8 Å². The lowest BCUT2D eigenvalue weighted by atomic mass is 10.1. The Morgan fingerprint density at radius 3 is 3.00 bits per heavy atom. The van der Waals surface area contributed by atoms with E-state index >= 15 is 0 Å². The van der Waals surface area contributed by atoms with Gasteiger partial charge in [0.05, 0.1) is 0 Å². The number of aryl methyl sites for hydroxylation is 2. The third kappa shape index (κ3) is 2.82. The molecule has 3 nitrogen and oxygen atoms in total. The monoisotopic (exact) mass is 291 g/mol. The van der Waals surface area contributed by atoms with Gasteiger partial charge in [0.15, 0.2) is 0 Å². The van der Waals surface area contributed by atoms with Crippen LogP contribution in [0.1, 0.15) is 43.5 Å². The van der Waals surface area contributed by atoms with Gasteiger partial charge in [-0.2, -0.15) is 11.8 Å². The summed E-state index contributed by atoms with van der Waals surface area (Å²) in [5.74, 6) is 2.34. The molecular weight excluding hydrogens is 266 g/mol. The molecule has 1 fully saturated rings. The van der Waals surface area contributed by atoms with Gasteiger partial charge in [-0.1, -0.05) is 13.8 Å². The molecule has 0 aromatic carbocycles. The number of fused-ring (bicyclic) bond motifs is 1. The molecule has 0 saturated carbocycles. The van der Waals surface area contributed by atoms with Crippen LogP contribution in [0.3, 0.4) is 0 Å². The normalized spacial score (nSPS) is 21.6. The van der Waals surface area contributed by atoms with Crippen LogP contribution in [0.2, 0.25) is 0 Å². The first-order valence-electron chi connectivity index (χ1n) is 7.70. The van der Waals surface area contributed by atoms with E-state index in [0.29, 0.717) is 11.3 Å². The fourth-order valence-electron chi connectivity index (χ4n) is 3.16. The first-order valence-corrected chi connectivity index (χ1v) is 8.68. The Labute approximate surface area is 126 Å². The highest BCUT2D eigenvalue weighted by Crippen LogP contribution is 2.34. The summed E-state index contributed by atoms with van der Waals surface area (Å²) in [4.78, 5) is 7.43. The summed E-state index contributed by atoms with van der Waals surface area (Å²) >= 11 is 2.08. The second kappa shape index (κ2) is 5.57. The van der Waals surface area contributed by atoms with Gasteiger partial charge in [-0.15, -0.1) is 0 Å². The number of anilines is 1. The number of nitrogens with two attached hydrogens (primary N) is 1. The van der Waals surface area contributed by atoms with Crippen molar-refractivity contribution in [2.45, 2.75) is 50.8 Å². The van der Waals surface area contributed by atoms with Crippen molar-refractivity contribution in [2.24, 2.45) is 5.73 Å². The number of hydrogen-bond donors (Lipinski definition) is 1. The third-order valence-electron chi connectivity index (χ3n) is 4.46. The maximum absolute atomic E-state index is 5.97. The Kier molecular flexibility index (Phi) is 3.95. The predicted molar refractivity (Wildman–Crippen MR) is 87.5 cm³/mol. The van der Waals surface area contributed by atoms with Gasteiger partial charge in [0.2, 0.25) is 0 Å². The van der Waals surface area contributed by atoms with Crippen LogP contribution in [0, 0.1) is 0 Å². The number of hydrogen-bond acceptors (Lipinski definition) is 4. The first kappa shape index (κ1) is 14.2. The van der Waals surface area contributed by atoms with E-state index < -0.39 is 0 Å². The molecule has 110 valence electrons. The summed E-state index contributed by atoms with van der Waals surface area (Å²) in [6.07, 6.45) is 4.78. The smallest absolute Gasteiger partial charge is 0.133 e. The molecule has 4 heteroatoms. The maximum Gasteiger partial charge on any atom is 0.133 e. The zero-order valence-corrected chi connectivity index (χ0v) is 13.4. The zero-order chi connectivity index (χ0) is 14.2. The molecule has 1 aromatic rings. The predicted octanol–water partition coefficient (Wildman–Crippen LogP) is 2.75. The summed E-state index contributed by atoms with van der Waals surface area (Å²) in [5.41, 5.74) is 9.95. The molecule has 0 bridgehead atoms. The molecule has 2 heterocycles. The maximum atomic E-state index is 5.97. The molecule has 0 spiro atoms. The molecule has 1 saturated heterocycles. The molecular formula is C16H25N3S. The standard InChI is InChI=1S/C16H25N3S/c1-16(2)6-7-19(8-9-20-16)15-13(11-17)10-12-4-3-5-14(12)18-15/h10H,3-9,11,17H2,1-2H3. The molecule has 0 atom stereocenters. The molecule has 3 rings (SSSR count). The number of pyridine rings is 1. The van der Waals surface area contributed by atoms with Crippen molar-refractivity contribution < 1.29 is 0 Å². The van der Waals surface area contributed by atoms with Gasteiger partial charge in [0.1, 0.15) is 5.82 Å². The Morgan fingerprint density at radius 1 is 1.35 bits per heavy atom. The average Bonchev–Trinajstić information content (AvgIpc) is 2.80. The number of thioether (sulfide) groups is 1. The lowest BCUT2D eigenvalue weighted by molar-refractivity contribution is 0.633. The van der Waals surface area contributed by atoms with E-state index in [0.717, 1.165) is 25.3 Å². The topological polar surface area (TPSA) is 42.2 Å². The Balaban J connectivity index is 1.89. The van der Waals surface area contributed by atoms with Crippen LogP contribution < -0.4 is 10.6 Å². The van der Waals surface area contributed by atoms with Gasteiger partial charge in [0, 0.05) is 41.4 Å². The summed E-state index contributed by atoms with van der Waals surface area (Å²) in [7, 11) is 0. The molecule has 2 aliphatic rings. The minimum absolute atomic E-state index is 0.383. The van der Waals surface area contributed by atoms with Crippen LogP contribution in [-0.2, 0) is 19.4 Å². The molecule has 0 unspecified atom stereocenters. The van der Waals surface area contributed by atoms with E-state index in [1.165, 1.54) is 41.8 Å². The van der Waals surface area contributed by atoms with Crippen molar-refractivity contribution in [3.63, 3.8) is 0 Å². The van der Waals surface area contributed by atoms with Gasteiger partial charge in [0.25, 0.3) is 0 Å². The number of nitrogens with zero attached hydrogens (tertiary/aromatic N) is 2. The summed E-state index contributed by atoms with van der Waals surface area (Å²) < 4.78 is 0.383. The average molecular weight is 291 g/mol. The lowest BCUT2D eigenvalue weighted by Crippen LogP contribution is -2.29. The highest BCUT2D eigenvalue weighted by molar-refractivity contribution is 8.00. The Bertz CT molecular complexity index is 499. The van der Waals surface area contributed by atoms with Crippen LogP contribution in [0.25, 0.3) is 0 Å². The number of rotatable bonds is 2. The van der Waals surface area contributed by atoms with E-state index in [9.17, 15) is 0 Å². The van der Waals surface area contributed by atoms with Crippen LogP contribution in [0.4, 0.5) is 5.82 Å². The first-order chi connectivity index (χ1) is 9.59. The quantitative estimate of drug-likeness (QED) is 0.910. The highest BCUT2D eigenvalue weighted by atomic mass is 32.2. The highest BCUT2D eigenvalue weighted by Gasteiger charge is 2.26. The number of aromatic nitrogens is 1. The van der Waals surface area contributed by atoms with Crippen LogP contribution in [0.5, 0.6) is 0 Å². The molecule has 20 heavy (non-hydrogen) atoms. The molecule has 2 N–H and O–H groups in total. The summed E-state index contributed by atoms with van der Waals surface area (Å²) in [5, 5.41) is 0. The summed E-state index contributed by atoms with van der Waals surface area (Å²) in [6, 6.07) is 2.31. The molecule has 0 radical (unpaired) electrons. The van der Waals surface area contributed by atoms with Gasteiger partial charge in [-0.25, -0.2) is 4.98 Å². The minimum Gasteiger partial charge on any atom is -0.355 e. The van der Waals surface area contributed by atoms with Crippen LogP contribution in [-0.4, -0.2) is 28.6 Å². The van der Waals surface area contributed by atoms with Gasteiger partial charge >= 0.3 is 0 Å². The van der Waals surface area contributed by atoms with Crippen molar-refractivity contribution in [3.05, 3.63) is 22.9 Å². The van der Waals surface area contributed by atoms with Crippen molar-refractivity contribution in [2.75, 3.05) is 23.7 Å². The van der Waals surface area contributed by atoms with Crippen LogP contribution in [0.15, 0.2) is 6.07 Å². The minimum atomic E-state index is 0.383. The Hall–Kier alpha value is -0.740. The van der Waals surface area contributed by atoms with Gasteiger partial charge < -0.3 is 10.6 Å². The summed E-state index contributed by atoms with van der Waals surface area (Å²) in [6.45, 7) is 7.48. The zero-order valence-electron chi connectivity index (χ0n) is 12.6. The van der Waals surface area contributed by atoms with Crippen molar-refractivity contribution in [1.82, 2.24) is 4.98 Å². The van der Waals surface area contributed by atoms with E-state index in [2.05, 4.69) is 36.6 Å². The van der Waals surface area contributed by atoms with Crippen molar-refractivity contribution >= 4 is 17.6 Å². The second-order valence-corrected chi connectivity index (χ2v) is 8.28. The fourth-order valence-corrected chi connectivity index (χ4v) is 4.26. The van der Waals surface area contributed by atoms with Gasteiger partial charge in [-0.3, -0.25) is 0 Å². The molecule has 1 aliphatic carbocycles. The fraction of sp³-hybridized carbons (Fsp3) is 0.688. The van der Waals surface area contributed by atoms with E-state index in [-0.39, 0.29) is 0 Å². The molecule has 1 aliphatic heterocycles. The SMILES string of the molecule is CC1(C)CCN(c2nc3c(cc2CN)CCC3)CCS1. The molecule has 1 aromatic heterocycles. The second-order valence-electron chi connectivity index (χ2n) is 6.48. The van der Waals surface area contributed by atoms with Crippen molar-refractivity contribution in [1.29, 1.82) is 0 Å². The largest absolute Gasteiger partial charge is 0.355 e. The van der Waals surface area contributed by atoms with E-state index in [1.54, 1.807) is 0 Å². The van der Waals surface area contributed by atoms with E-state index in [4.69, 9.17) is 10.7 Å². The van der Waals surface area contributed by atoms with E-state index in [1.807, 2.05) is 0 Å². The van der Waals surface area contributed by atoms with Gasteiger partial charge in [-0.05, 0) is 37.3 Å². The third-order valence-corrected chi connectivity index (χ3v) is 5.84. The molecule has 0 amide bonds. The van der Waals surface area contributed by atoms with Crippen molar-refractivity contribution in [3.8, 4) is 0 Å². The Morgan fingerprint density at radius 2 is 2.20 bits per heavy atom.